The highest BCUT2D eigenvalue weighted by molar-refractivity contribution is 6.31. The van der Waals surface area contributed by atoms with Crippen LogP contribution in [0.15, 0.2) is 18.2 Å². The molecule has 0 atom stereocenters. The number of hydrogen-bond acceptors (Lipinski definition) is 3. The molecule has 4 N–H and O–H groups in total. The van der Waals surface area contributed by atoms with E-state index in [1.54, 1.807) is 0 Å². The van der Waals surface area contributed by atoms with Gasteiger partial charge in [-0.1, -0.05) is 18.5 Å². The fourth-order valence-electron chi connectivity index (χ4n) is 1.46. The maximum absolute atomic E-state index is 11.6. The standard InChI is InChI=1S/C13H16ClN3O4/c1-2-5-15-11(18)7-16-13(21)17-10-4-3-8(14)6-9(10)12(19)20/h3-4,6H,2,5,7H2,1H3,(H,15,18)(H,19,20)(H2,16,17,21). The van der Waals surface area contributed by atoms with Gasteiger partial charge in [-0.2, -0.15) is 0 Å². The number of aromatic carboxylic acids is 1. The second-order valence-electron chi connectivity index (χ2n) is 4.15. The Morgan fingerprint density at radius 3 is 2.57 bits per heavy atom. The van der Waals surface area contributed by atoms with E-state index in [4.69, 9.17) is 16.7 Å². The Morgan fingerprint density at radius 1 is 1.24 bits per heavy atom. The molecule has 114 valence electrons. The van der Waals surface area contributed by atoms with Crippen molar-refractivity contribution in [3.05, 3.63) is 28.8 Å². The van der Waals surface area contributed by atoms with Gasteiger partial charge in [0.2, 0.25) is 5.91 Å². The quantitative estimate of drug-likeness (QED) is 0.641. The van der Waals surface area contributed by atoms with E-state index in [1.807, 2.05) is 6.92 Å². The lowest BCUT2D eigenvalue weighted by atomic mass is 10.2. The number of anilines is 1. The van der Waals surface area contributed by atoms with E-state index >= 15 is 0 Å². The van der Waals surface area contributed by atoms with Crippen LogP contribution in [0.25, 0.3) is 0 Å². The van der Waals surface area contributed by atoms with Gasteiger partial charge in [0, 0.05) is 11.6 Å². The summed E-state index contributed by atoms with van der Waals surface area (Å²) < 4.78 is 0. The van der Waals surface area contributed by atoms with Crippen molar-refractivity contribution in [2.75, 3.05) is 18.4 Å². The molecule has 0 radical (unpaired) electrons. The molecule has 7 nitrogen and oxygen atoms in total. The van der Waals surface area contributed by atoms with E-state index in [2.05, 4.69) is 16.0 Å². The van der Waals surface area contributed by atoms with Crippen molar-refractivity contribution < 1.29 is 19.5 Å². The van der Waals surface area contributed by atoms with E-state index in [0.29, 0.717) is 6.54 Å². The number of halogens is 1. The number of rotatable bonds is 6. The van der Waals surface area contributed by atoms with Crippen LogP contribution in [-0.4, -0.2) is 36.1 Å². The Labute approximate surface area is 126 Å². The molecular weight excluding hydrogens is 298 g/mol. The highest BCUT2D eigenvalue weighted by Gasteiger charge is 2.13. The van der Waals surface area contributed by atoms with E-state index in [9.17, 15) is 14.4 Å². The SMILES string of the molecule is CCCNC(=O)CNC(=O)Nc1ccc(Cl)cc1C(=O)O. The van der Waals surface area contributed by atoms with Gasteiger partial charge in [0.05, 0.1) is 17.8 Å². The Morgan fingerprint density at radius 2 is 1.95 bits per heavy atom. The van der Waals surface area contributed by atoms with Crippen LogP contribution in [0.3, 0.4) is 0 Å². The molecule has 0 bridgehead atoms. The zero-order chi connectivity index (χ0) is 15.8. The minimum Gasteiger partial charge on any atom is -0.478 e. The van der Waals surface area contributed by atoms with Crippen molar-refractivity contribution in [3.63, 3.8) is 0 Å². The molecule has 0 spiro atoms. The molecule has 3 amide bonds. The molecule has 1 aromatic rings. The van der Waals surface area contributed by atoms with Crippen LogP contribution in [0.1, 0.15) is 23.7 Å². The summed E-state index contributed by atoms with van der Waals surface area (Å²) in [6.07, 6.45) is 0.796. The molecule has 0 aliphatic heterocycles. The van der Waals surface area contributed by atoms with Crippen LogP contribution in [-0.2, 0) is 4.79 Å². The Kier molecular flexibility index (Phi) is 6.48. The molecule has 0 saturated carbocycles. The molecular formula is C13H16ClN3O4. The summed E-state index contributed by atoms with van der Waals surface area (Å²) in [5.41, 5.74) is -0.0357. The molecule has 0 fully saturated rings. The first kappa shape index (κ1) is 16.8. The first-order valence-electron chi connectivity index (χ1n) is 6.28. The minimum atomic E-state index is -1.21. The van der Waals surface area contributed by atoms with Crippen molar-refractivity contribution in [2.45, 2.75) is 13.3 Å². The topological polar surface area (TPSA) is 108 Å². The lowest BCUT2D eigenvalue weighted by Gasteiger charge is -2.10. The molecule has 0 saturated heterocycles. The minimum absolute atomic E-state index is 0.0957. The van der Waals surface area contributed by atoms with Crippen LogP contribution in [0, 0.1) is 0 Å². The Balaban J connectivity index is 2.59. The lowest BCUT2D eigenvalue weighted by Crippen LogP contribution is -2.39. The van der Waals surface area contributed by atoms with Gasteiger partial charge in [0.15, 0.2) is 0 Å². The fourth-order valence-corrected chi connectivity index (χ4v) is 1.63. The smallest absolute Gasteiger partial charge is 0.337 e. The number of benzene rings is 1. The van der Waals surface area contributed by atoms with Gasteiger partial charge in [-0.25, -0.2) is 9.59 Å². The summed E-state index contributed by atoms with van der Waals surface area (Å²) in [7, 11) is 0. The van der Waals surface area contributed by atoms with Crippen LogP contribution in [0.5, 0.6) is 0 Å². The van der Waals surface area contributed by atoms with Crippen molar-refractivity contribution in [3.8, 4) is 0 Å². The van der Waals surface area contributed by atoms with Gasteiger partial charge in [-0.05, 0) is 24.6 Å². The number of nitrogens with one attached hydrogen (secondary N) is 3. The lowest BCUT2D eigenvalue weighted by molar-refractivity contribution is -0.120. The van der Waals surface area contributed by atoms with Crippen LogP contribution in [0.4, 0.5) is 10.5 Å². The maximum Gasteiger partial charge on any atom is 0.337 e. The van der Waals surface area contributed by atoms with Gasteiger partial charge in [-0.15, -0.1) is 0 Å². The number of carbonyl (C=O) groups is 3. The molecule has 0 unspecified atom stereocenters. The van der Waals surface area contributed by atoms with Gasteiger partial charge >= 0.3 is 12.0 Å². The number of carboxylic acid groups (broad SMARTS) is 1. The Hall–Kier alpha value is -2.28. The third-order valence-electron chi connectivity index (χ3n) is 2.44. The number of amides is 3. The summed E-state index contributed by atoms with van der Waals surface area (Å²) in [6.45, 7) is 2.25. The van der Waals surface area contributed by atoms with Crippen LogP contribution < -0.4 is 16.0 Å². The number of hydrogen-bond donors (Lipinski definition) is 4. The summed E-state index contributed by atoms with van der Waals surface area (Å²) >= 11 is 5.70. The Bertz CT molecular complexity index is 548. The van der Waals surface area contributed by atoms with Crippen LogP contribution in [0.2, 0.25) is 5.02 Å². The molecule has 0 aliphatic carbocycles. The summed E-state index contributed by atoms with van der Waals surface area (Å²) in [4.78, 5) is 34.0. The predicted molar refractivity (Wildman–Crippen MR) is 78.7 cm³/mol. The highest BCUT2D eigenvalue weighted by atomic mass is 35.5. The molecule has 21 heavy (non-hydrogen) atoms. The molecule has 0 heterocycles. The average Bonchev–Trinajstić information content (AvgIpc) is 2.44. The van der Waals surface area contributed by atoms with Crippen molar-refractivity contribution in [2.24, 2.45) is 0 Å². The van der Waals surface area contributed by atoms with E-state index in [-0.39, 0.29) is 28.7 Å². The second-order valence-corrected chi connectivity index (χ2v) is 4.59. The van der Waals surface area contributed by atoms with Gasteiger partial charge in [-0.3, -0.25) is 4.79 Å². The van der Waals surface area contributed by atoms with E-state index < -0.39 is 12.0 Å². The average molecular weight is 314 g/mol. The molecule has 0 aliphatic rings. The predicted octanol–water partition coefficient (Wildman–Crippen LogP) is 1.69. The zero-order valence-electron chi connectivity index (χ0n) is 11.4. The second kappa shape index (κ2) is 8.11. The highest BCUT2D eigenvalue weighted by Crippen LogP contribution is 2.20. The van der Waals surface area contributed by atoms with Crippen molar-refractivity contribution in [1.29, 1.82) is 0 Å². The maximum atomic E-state index is 11.6. The normalized spacial score (nSPS) is 9.81. The molecule has 1 aromatic carbocycles. The monoisotopic (exact) mass is 313 g/mol. The van der Waals surface area contributed by atoms with Gasteiger partial charge in [0.25, 0.3) is 0 Å². The number of carbonyl (C=O) groups excluding carboxylic acids is 2. The molecule has 8 heteroatoms. The third kappa shape index (κ3) is 5.70. The first-order chi connectivity index (χ1) is 9.93. The summed E-state index contributed by atoms with van der Waals surface area (Å²) in [5, 5.41) is 16.6. The third-order valence-corrected chi connectivity index (χ3v) is 2.68. The molecule has 1 rings (SSSR count). The van der Waals surface area contributed by atoms with E-state index in [1.165, 1.54) is 18.2 Å². The molecule has 0 aromatic heterocycles. The largest absolute Gasteiger partial charge is 0.478 e. The van der Waals surface area contributed by atoms with Crippen molar-refractivity contribution >= 4 is 35.2 Å². The summed E-state index contributed by atoms with van der Waals surface area (Å²) in [6, 6.07) is 3.39. The fraction of sp³-hybridized carbons (Fsp3) is 0.308. The number of carboxylic acids is 1. The van der Waals surface area contributed by atoms with Crippen molar-refractivity contribution in [1.82, 2.24) is 10.6 Å². The van der Waals surface area contributed by atoms with Gasteiger partial charge in [0.1, 0.15) is 0 Å². The van der Waals surface area contributed by atoms with Gasteiger partial charge < -0.3 is 21.1 Å². The number of urea groups is 1. The zero-order valence-corrected chi connectivity index (χ0v) is 12.2. The summed E-state index contributed by atoms with van der Waals surface area (Å²) in [5.74, 6) is -1.53. The first-order valence-corrected chi connectivity index (χ1v) is 6.66. The van der Waals surface area contributed by atoms with E-state index in [0.717, 1.165) is 6.42 Å². The van der Waals surface area contributed by atoms with Crippen LogP contribution >= 0.6 is 11.6 Å².